The Kier molecular flexibility index (Phi) is 6.91. The molecule has 1 aromatic heterocycles. The molecule has 196 valence electrons. The zero-order valence-electron chi connectivity index (χ0n) is 21.7. The highest BCUT2D eigenvalue weighted by Gasteiger charge is 2.47. The largest absolute Gasteiger partial charge is 1.00 e. The molecule has 0 saturated carbocycles. The van der Waals surface area contributed by atoms with E-state index in [0.29, 0.717) is 0 Å². The minimum Gasteiger partial charge on any atom is -1.00 e. The smallest absolute Gasteiger partial charge is 0.209 e. The van der Waals surface area contributed by atoms with Crippen molar-refractivity contribution in [1.82, 2.24) is 4.98 Å². The van der Waals surface area contributed by atoms with Crippen molar-refractivity contribution >= 4 is 11.8 Å². The first-order valence-electron chi connectivity index (χ1n) is 13.5. The third kappa shape index (κ3) is 4.41. The number of rotatable bonds is 6. The van der Waals surface area contributed by atoms with Gasteiger partial charge in [0.05, 0.1) is 31.1 Å². The van der Waals surface area contributed by atoms with E-state index in [2.05, 4.69) is 73.3 Å². The van der Waals surface area contributed by atoms with Gasteiger partial charge in [-0.15, -0.1) is 11.8 Å². The Morgan fingerprint density at radius 3 is 2.21 bits per heavy atom. The van der Waals surface area contributed by atoms with Crippen LogP contribution in [-0.2, 0) is 17.7 Å². The number of quaternary nitrogens is 1. The number of nitrogens with zero attached hydrogens (tertiary/aromatic N) is 2. The summed E-state index contributed by atoms with van der Waals surface area (Å²) < 4.78 is 14.0. The summed E-state index contributed by atoms with van der Waals surface area (Å²) in [5.41, 5.74) is 3.14. The van der Waals surface area contributed by atoms with Crippen LogP contribution in [0.2, 0.25) is 0 Å². The lowest BCUT2D eigenvalue weighted by Gasteiger charge is -2.52. The molecule has 4 aliphatic rings. The Labute approximate surface area is 239 Å². The predicted octanol–water partition coefficient (Wildman–Crippen LogP) is 4.18. The second-order valence-electron chi connectivity index (χ2n) is 11.2. The van der Waals surface area contributed by atoms with Crippen molar-refractivity contribution in [3.63, 3.8) is 0 Å². The maximum atomic E-state index is 6.66. The summed E-state index contributed by atoms with van der Waals surface area (Å²) in [5.74, 6) is 5.47. The predicted molar refractivity (Wildman–Crippen MR) is 148 cm³/mol. The third-order valence-corrected chi connectivity index (χ3v) is 10.4. The average molecular weight is 590 g/mol. The lowest BCUT2D eigenvalue weighted by molar-refractivity contribution is -0.954. The van der Waals surface area contributed by atoms with Crippen LogP contribution >= 0.6 is 11.8 Å². The number of oxazole rings is 1. The summed E-state index contributed by atoms with van der Waals surface area (Å²) in [7, 11) is 0. The Balaban J connectivity index is 0.00000264. The Hall–Kier alpha value is -2.54. The van der Waals surface area contributed by atoms with Crippen molar-refractivity contribution in [3.05, 3.63) is 113 Å². The van der Waals surface area contributed by atoms with Crippen molar-refractivity contribution < 1.29 is 30.6 Å². The number of para-hydroxylation sites is 2. The molecule has 0 spiro atoms. The molecule has 5 heterocycles. The van der Waals surface area contributed by atoms with Crippen molar-refractivity contribution in [1.29, 1.82) is 0 Å². The number of hydrogen-bond acceptors (Lipinski definition) is 4. The van der Waals surface area contributed by atoms with Gasteiger partial charge in [0.25, 0.3) is 0 Å². The minimum absolute atomic E-state index is 0. The van der Waals surface area contributed by atoms with Gasteiger partial charge in [-0.05, 0) is 30.5 Å². The van der Waals surface area contributed by atoms with Crippen LogP contribution in [0.4, 0.5) is 0 Å². The average Bonchev–Trinajstić information content (AvgIpc) is 3.42. The number of halogens is 1. The fourth-order valence-corrected chi connectivity index (χ4v) is 8.35. The van der Waals surface area contributed by atoms with Gasteiger partial charge in [-0.2, -0.15) is 0 Å². The van der Waals surface area contributed by atoms with Crippen molar-refractivity contribution in [2.75, 3.05) is 19.6 Å². The molecule has 8 rings (SSSR count). The Morgan fingerprint density at radius 2 is 1.53 bits per heavy atom. The van der Waals surface area contributed by atoms with Gasteiger partial charge in [-0.1, -0.05) is 66.7 Å². The molecule has 6 heteroatoms. The lowest BCUT2D eigenvalue weighted by Crippen LogP contribution is -3.00. The maximum Gasteiger partial charge on any atom is 0.209 e. The van der Waals surface area contributed by atoms with Gasteiger partial charge < -0.3 is 30.6 Å². The van der Waals surface area contributed by atoms with E-state index >= 15 is 0 Å². The van der Waals surface area contributed by atoms with Gasteiger partial charge in [0.1, 0.15) is 23.5 Å². The van der Waals surface area contributed by atoms with Crippen LogP contribution in [0.5, 0.6) is 11.5 Å². The molecular formula is C32H33BrN2O2S. The van der Waals surface area contributed by atoms with E-state index in [1.807, 2.05) is 30.5 Å². The summed E-state index contributed by atoms with van der Waals surface area (Å²) in [6.45, 7) is 6.88. The van der Waals surface area contributed by atoms with E-state index in [1.165, 1.54) is 38.0 Å². The highest BCUT2D eigenvalue weighted by Crippen LogP contribution is 2.51. The molecule has 3 fully saturated rings. The van der Waals surface area contributed by atoms with Gasteiger partial charge >= 0.3 is 0 Å². The van der Waals surface area contributed by atoms with Crippen LogP contribution in [0.1, 0.15) is 48.1 Å². The highest BCUT2D eigenvalue weighted by molar-refractivity contribution is 7.99. The zero-order chi connectivity index (χ0) is 24.9. The SMILES string of the molecule is CC1(c2ncc(C[N+]34CCC(CC3)C(SCc3ccccc3)C4)o2)c2ccccc2Oc2ccccc21.[Br-]. The molecule has 1 unspecified atom stereocenters. The molecule has 0 radical (unpaired) electrons. The first kappa shape index (κ1) is 25.7. The van der Waals surface area contributed by atoms with E-state index in [4.69, 9.17) is 14.1 Å². The number of aromatic nitrogens is 1. The number of thioether (sulfide) groups is 1. The van der Waals surface area contributed by atoms with Crippen LogP contribution in [0.15, 0.2) is 89.5 Å². The highest BCUT2D eigenvalue weighted by atomic mass is 79.9. The van der Waals surface area contributed by atoms with Crippen molar-refractivity contribution in [3.8, 4) is 11.5 Å². The summed E-state index contributed by atoms with van der Waals surface area (Å²) in [4.78, 5) is 4.91. The van der Waals surface area contributed by atoms with Crippen LogP contribution in [0, 0.1) is 5.92 Å². The van der Waals surface area contributed by atoms with Gasteiger partial charge in [0.2, 0.25) is 5.89 Å². The number of hydrogen-bond donors (Lipinski definition) is 0. The monoisotopic (exact) mass is 588 g/mol. The van der Waals surface area contributed by atoms with Gasteiger partial charge in [-0.25, -0.2) is 4.98 Å². The molecule has 0 aliphatic carbocycles. The first-order valence-corrected chi connectivity index (χ1v) is 14.5. The quantitative estimate of drug-likeness (QED) is 0.317. The molecule has 0 N–H and O–H groups in total. The molecule has 4 aromatic rings. The molecule has 38 heavy (non-hydrogen) atoms. The van der Waals surface area contributed by atoms with E-state index < -0.39 is 5.41 Å². The van der Waals surface area contributed by atoms with Gasteiger partial charge in [-0.3, -0.25) is 0 Å². The summed E-state index contributed by atoms with van der Waals surface area (Å²) in [5, 5.41) is 0.719. The van der Waals surface area contributed by atoms with Crippen LogP contribution in [0.3, 0.4) is 0 Å². The Bertz CT molecular complexity index is 1370. The van der Waals surface area contributed by atoms with Crippen LogP contribution < -0.4 is 21.7 Å². The normalized spacial score (nSPS) is 24.6. The number of benzene rings is 3. The number of piperidine rings is 3. The maximum absolute atomic E-state index is 6.66. The molecular weight excluding hydrogens is 556 g/mol. The van der Waals surface area contributed by atoms with E-state index in [1.54, 1.807) is 0 Å². The molecule has 2 bridgehead atoms. The molecule has 4 aliphatic heterocycles. The molecule has 3 saturated heterocycles. The van der Waals surface area contributed by atoms with E-state index in [9.17, 15) is 0 Å². The van der Waals surface area contributed by atoms with Gasteiger partial charge in [0.15, 0.2) is 5.76 Å². The van der Waals surface area contributed by atoms with E-state index in [-0.39, 0.29) is 17.0 Å². The fourth-order valence-electron chi connectivity index (χ4n) is 6.78. The fraction of sp³-hybridized carbons (Fsp3) is 0.344. The second-order valence-corrected chi connectivity index (χ2v) is 12.4. The zero-order valence-corrected chi connectivity index (χ0v) is 24.1. The van der Waals surface area contributed by atoms with Gasteiger partial charge in [0, 0.05) is 29.7 Å². The minimum atomic E-state index is -0.493. The second kappa shape index (κ2) is 10.2. The first-order chi connectivity index (χ1) is 18.1. The lowest BCUT2D eigenvalue weighted by atomic mass is 9.74. The standard InChI is InChI=1S/C32H33N2O2S.BrH/c1-32(26-11-5-7-13-28(26)36-29-14-8-6-12-27(29)32)31-33-19-25(35-31)20-34-17-15-24(16-18-34)30(21-34)37-22-23-9-3-2-4-10-23;/h2-14,19,24,30H,15-18,20-22H2,1H3;1H/q+1;/p-1. The van der Waals surface area contributed by atoms with Crippen molar-refractivity contribution in [2.45, 2.75) is 42.7 Å². The summed E-state index contributed by atoms with van der Waals surface area (Å²) in [6, 6.07) is 27.5. The third-order valence-electron chi connectivity index (χ3n) is 8.89. The Morgan fingerprint density at radius 1 is 0.895 bits per heavy atom. The molecule has 0 amide bonds. The topological polar surface area (TPSA) is 35.3 Å². The van der Waals surface area contributed by atoms with Crippen molar-refractivity contribution in [2.24, 2.45) is 5.92 Å². The van der Waals surface area contributed by atoms with Crippen LogP contribution in [0.25, 0.3) is 0 Å². The molecule has 1 atom stereocenters. The van der Waals surface area contributed by atoms with Crippen LogP contribution in [-0.4, -0.2) is 34.4 Å². The molecule has 3 aromatic carbocycles. The number of ether oxygens (including phenoxy) is 1. The number of fused-ring (bicyclic) bond motifs is 5. The summed E-state index contributed by atoms with van der Waals surface area (Å²) >= 11 is 2.16. The molecule has 4 nitrogen and oxygen atoms in total. The summed E-state index contributed by atoms with van der Waals surface area (Å²) in [6.07, 6.45) is 4.63. The van der Waals surface area contributed by atoms with E-state index in [0.717, 1.165) is 62.2 Å².